The number of rotatable bonds is 2. The second kappa shape index (κ2) is 5.85. The zero-order valence-corrected chi connectivity index (χ0v) is 15.9. The van der Waals surface area contributed by atoms with Gasteiger partial charge < -0.3 is 4.98 Å². The van der Waals surface area contributed by atoms with Crippen molar-refractivity contribution in [2.75, 3.05) is 0 Å². The summed E-state index contributed by atoms with van der Waals surface area (Å²) in [6, 6.07) is 12.0. The van der Waals surface area contributed by atoms with Crippen molar-refractivity contribution in [3.05, 3.63) is 67.0 Å². The highest BCUT2D eigenvalue weighted by Gasteiger charge is 2.23. The van der Waals surface area contributed by atoms with Crippen LogP contribution in [0, 0.1) is 13.8 Å². The van der Waals surface area contributed by atoms with Gasteiger partial charge in [0.1, 0.15) is 5.65 Å². The number of aromatic amines is 1. The molecular weight excluding hydrogens is 346 g/mol. The maximum absolute atomic E-state index is 13.0. The lowest BCUT2D eigenvalue weighted by molar-refractivity contribution is 0.710. The average molecular weight is 365 g/mol. The van der Waals surface area contributed by atoms with Crippen LogP contribution in [-0.4, -0.2) is 14.1 Å². The van der Waals surface area contributed by atoms with Gasteiger partial charge >= 0.3 is 5.69 Å². The van der Waals surface area contributed by atoms with Crippen LogP contribution in [0.25, 0.3) is 33.4 Å². The van der Waals surface area contributed by atoms with E-state index in [4.69, 9.17) is 0 Å². The van der Waals surface area contributed by atoms with Gasteiger partial charge in [0.25, 0.3) is 5.56 Å². The van der Waals surface area contributed by atoms with Crippen LogP contribution in [0.4, 0.5) is 0 Å². The normalized spacial score (nSPS) is 11.4. The van der Waals surface area contributed by atoms with Crippen molar-refractivity contribution in [1.29, 1.82) is 0 Å². The van der Waals surface area contributed by atoms with Crippen molar-refractivity contribution >= 4 is 22.4 Å². The van der Waals surface area contributed by atoms with Gasteiger partial charge in [-0.05, 0) is 31.0 Å². The molecule has 1 N–H and O–H groups in total. The van der Waals surface area contributed by atoms with Crippen LogP contribution >= 0.6 is 11.3 Å². The molecule has 0 fully saturated rings. The SMILES string of the molecule is Cc1cc(-c2c(-c3ccccc3)[nH]c3c2c(=O)n(C)c(=O)n3C)c(C)s1. The lowest BCUT2D eigenvalue weighted by atomic mass is 9.99. The van der Waals surface area contributed by atoms with E-state index in [-0.39, 0.29) is 11.2 Å². The first-order chi connectivity index (χ1) is 12.4. The van der Waals surface area contributed by atoms with E-state index in [9.17, 15) is 9.59 Å². The number of nitrogens with zero attached hydrogens (tertiary/aromatic N) is 2. The molecule has 5 nitrogen and oxygen atoms in total. The van der Waals surface area contributed by atoms with Crippen molar-refractivity contribution in [2.24, 2.45) is 14.1 Å². The predicted molar refractivity (Wildman–Crippen MR) is 107 cm³/mol. The summed E-state index contributed by atoms with van der Waals surface area (Å²) >= 11 is 1.71. The summed E-state index contributed by atoms with van der Waals surface area (Å²) in [4.78, 5) is 31.1. The standard InChI is InChI=1S/C20H19N3O2S/c1-11-10-14(12(2)26-11)15-16-18(22(3)20(25)23(4)19(16)24)21-17(15)13-8-6-5-7-9-13/h5-10,21H,1-4H3. The van der Waals surface area contributed by atoms with Gasteiger partial charge in [-0.1, -0.05) is 30.3 Å². The number of hydrogen-bond donors (Lipinski definition) is 1. The van der Waals surface area contributed by atoms with E-state index in [0.717, 1.165) is 27.3 Å². The smallest absolute Gasteiger partial charge is 0.332 e. The maximum Gasteiger partial charge on any atom is 0.332 e. The molecule has 0 aliphatic rings. The Kier molecular flexibility index (Phi) is 3.73. The Balaban J connectivity index is 2.25. The molecule has 0 saturated carbocycles. The van der Waals surface area contributed by atoms with E-state index in [1.54, 1.807) is 18.4 Å². The molecule has 0 spiro atoms. The van der Waals surface area contributed by atoms with E-state index in [2.05, 4.69) is 24.9 Å². The van der Waals surface area contributed by atoms with E-state index >= 15 is 0 Å². The number of aryl methyl sites for hydroxylation is 3. The molecule has 1 aromatic carbocycles. The minimum absolute atomic E-state index is 0.278. The number of thiophene rings is 1. The summed E-state index contributed by atoms with van der Waals surface area (Å²) in [5.74, 6) is 0. The Hall–Kier alpha value is -2.86. The van der Waals surface area contributed by atoms with Gasteiger partial charge in [0.15, 0.2) is 0 Å². The maximum atomic E-state index is 13.0. The van der Waals surface area contributed by atoms with Crippen LogP contribution in [0.3, 0.4) is 0 Å². The molecule has 4 aromatic rings. The monoisotopic (exact) mass is 365 g/mol. The highest BCUT2D eigenvalue weighted by atomic mass is 32.1. The molecule has 0 radical (unpaired) electrons. The number of hydrogen-bond acceptors (Lipinski definition) is 3. The van der Waals surface area contributed by atoms with Gasteiger partial charge in [0.2, 0.25) is 0 Å². The lowest BCUT2D eigenvalue weighted by Gasteiger charge is -2.06. The van der Waals surface area contributed by atoms with Gasteiger partial charge in [-0.3, -0.25) is 13.9 Å². The van der Waals surface area contributed by atoms with Gasteiger partial charge in [0, 0.05) is 29.4 Å². The highest BCUT2D eigenvalue weighted by molar-refractivity contribution is 7.12. The molecule has 0 amide bonds. The third-order valence-corrected chi connectivity index (χ3v) is 5.75. The second-order valence-corrected chi connectivity index (χ2v) is 7.96. The lowest BCUT2D eigenvalue weighted by Crippen LogP contribution is -2.36. The third kappa shape index (κ3) is 2.29. The van der Waals surface area contributed by atoms with E-state index in [1.807, 2.05) is 30.3 Å². The Morgan fingerprint density at radius 2 is 1.69 bits per heavy atom. The summed E-state index contributed by atoms with van der Waals surface area (Å²) in [5.41, 5.74) is 3.68. The Morgan fingerprint density at radius 3 is 2.31 bits per heavy atom. The molecule has 0 atom stereocenters. The molecule has 0 aliphatic heterocycles. The first-order valence-electron chi connectivity index (χ1n) is 8.34. The molecule has 0 saturated heterocycles. The first kappa shape index (κ1) is 16.6. The highest BCUT2D eigenvalue weighted by Crippen LogP contribution is 2.40. The Labute approximate surface area is 154 Å². The molecule has 0 aliphatic carbocycles. The molecule has 3 heterocycles. The fourth-order valence-corrected chi connectivity index (χ4v) is 4.42. The summed E-state index contributed by atoms with van der Waals surface area (Å²) in [7, 11) is 3.21. The van der Waals surface area contributed by atoms with Gasteiger partial charge in [0.05, 0.1) is 11.1 Å². The van der Waals surface area contributed by atoms with Crippen LogP contribution in [0.1, 0.15) is 9.75 Å². The molecule has 132 valence electrons. The fraction of sp³-hybridized carbons (Fsp3) is 0.200. The Bertz CT molecular complexity index is 1260. The summed E-state index contributed by atoms with van der Waals surface area (Å²) in [5, 5.41) is 0.550. The van der Waals surface area contributed by atoms with Crippen LogP contribution in [-0.2, 0) is 14.1 Å². The number of fused-ring (bicyclic) bond motifs is 1. The van der Waals surface area contributed by atoms with Crippen LogP contribution < -0.4 is 11.2 Å². The van der Waals surface area contributed by atoms with Crippen molar-refractivity contribution < 1.29 is 0 Å². The topological polar surface area (TPSA) is 59.8 Å². The zero-order valence-electron chi connectivity index (χ0n) is 15.1. The molecule has 0 bridgehead atoms. The van der Waals surface area contributed by atoms with Crippen molar-refractivity contribution in [1.82, 2.24) is 14.1 Å². The molecular formula is C20H19N3O2S. The van der Waals surface area contributed by atoms with Crippen LogP contribution in [0.2, 0.25) is 0 Å². The minimum atomic E-state index is -0.340. The zero-order chi connectivity index (χ0) is 18.6. The molecule has 26 heavy (non-hydrogen) atoms. The fourth-order valence-electron chi connectivity index (χ4n) is 3.49. The minimum Gasteiger partial charge on any atom is -0.340 e. The number of aromatic nitrogens is 3. The van der Waals surface area contributed by atoms with Gasteiger partial charge in [-0.25, -0.2) is 4.79 Å². The number of benzene rings is 1. The molecule has 0 unspecified atom stereocenters. The van der Waals surface area contributed by atoms with Gasteiger partial charge in [-0.2, -0.15) is 0 Å². The third-order valence-electron chi connectivity index (χ3n) is 4.78. The van der Waals surface area contributed by atoms with Crippen LogP contribution in [0.5, 0.6) is 0 Å². The first-order valence-corrected chi connectivity index (χ1v) is 9.16. The summed E-state index contributed by atoms with van der Waals surface area (Å²) < 4.78 is 2.67. The van der Waals surface area contributed by atoms with Crippen molar-refractivity contribution in [3.8, 4) is 22.4 Å². The Morgan fingerprint density at radius 1 is 1.00 bits per heavy atom. The summed E-state index contributed by atoms with van der Waals surface area (Å²) in [6.07, 6.45) is 0. The number of H-pyrrole nitrogens is 1. The average Bonchev–Trinajstić information content (AvgIpc) is 3.18. The summed E-state index contributed by atoms with van der Waals surface area (Å²) in [6.45, 7) is 4.12. The number of nitrogens with one attached hydrogen (secondary N) is 1. The van der Waals surface area contributed by atoms with E-state index in [0.29, 0.717) is 11.0 Å². The largest absolute Gasteiger partial charge is 0.340 e. The van der Waals surface area contributed by atoms with Gasteiger partial charge in [-0.15, -0.1) is 11.3 Å². The van der Waals surface area contributed by atoms with Crippen molar-refractivity contribution in [3.63, 3.8) is 0 Å². The molecule has 4 rings (SSSR count). The quantitative estimate of drug-likeness (QED) is 0.590. The molecule has 3 aromatic heterocycles. The molecule has 6 heteroatoms. The van der Waals surface area contributed by atoms with Crippen LogP contribution in [0.15, 0.2) is 46.0 Å². The second-order valence-electron chi connectivity index (χ2n) is 6.50. The van der Waals surface area contributed by atoms with Crippen molar-refractivity contribution in [2.45, 2.75) is 13.8 Å². The van der Waals surface area contributed by atoms with E-state index < -0.39 is 0 Å². The predicted octanol–water partition coefficient (Wildman–Crippen LogP) is 3.58. The van der Waals surface area contributed by atoms with E-state index in [1.165, 1.54) is 21.1 Å².